The van der Waals surface area contributed by atoms with Crippen LogP contribution in [0.2, 0.25) is 0 Å². The Kier molecular flexibility index (Phi) is 4.22. The third-order valence-electron chi connectivity index (χ3n) is 2.74. The van der Waals surface area contributed by atoms with Gasteiger partial charge in [-0.2, -0.15) is 13.2 Å². The van der Waals surface area contributed by atoms with Crippen LogP contribution in [0.15, 0.2) is 41.8 Å². The van der Waals surface area contributed by atoms with Crippen LogP contribution in [0.3, 0.4) is 0 Å². The summed E-state index contributed by atoms with van der Waals surface area (Å²) >= 11 is 0.619. The van der Waals surface area contributed by atoms with Crippen LogP contribution in [-0.2, 0) is 11.0 Å². The summed E-state index contributed by atoms with van der Waals surface area (Å²) < 4.78 is 38.6. The Bertz CT molecular complexity index is 637. The van der Waals surface area contributed by atoms with E-state index < -0.39 is 22.9 Å². The molecule has 0 saturated carbocycles. The van der Waals surface area contributed by atoms with Crippen molar-refractivity contribution in [2.75, 3.05) is 6.54 Å². The normalized spacial score (nSPS) is 17.7. The van der Waals surface area contributed by atoms with Crippen molar-refractivity contribution in [1.82, 2.24) is 4.90 Å². The molecule has 0 N–H and O–H groups in total. The molecule has 0 aromatic heterocycles. The van der Waals surface area contributed by atoms with Crippen LogP contribution >= 0.6 is 11.8 Å². The van der Waals surface area contributed by atoms with Gasteiger partial charge in [0.15, 0.2) is 0 Å². The van der Waals surface area contributed by atoms with Gasteiger partial charge in [0.05, 0.1) is 10.5 Å². The van der Waals surface area contributed by atoms with E-state index in [9.17, 15) is 22.8 Å². The molecule has 0 unspecified atom stereocenters. The molecule has 1 saturated heterocycles. The van der Waals surface area contributed by atoms with E-state index in [1.807, 2.05) is 0 Å². The number of halogens is 3. The van der Waals surface area contributed by atoms with Crippen LogP contribution in [0.25, 0.3) is 6.08 Å². The van der Waals surface area contributed by atoms with Crippen LogP contribution in [0, 0.1) is 0 Å². The molecule has 3 nitrogen and oxygen atoms in total. The number of thioether (sulfide) groups is 1. The van der Waals surface area contributed by atoms with Gasteiger partial charge in [-0.15, -0.1) is 6.58 Å². The molecular formula is C14H10F3NO2S. The molecule has 0 atom stereocenters. The Labute approximate surface area is 123 Å². The summed E-state index contributed by atoms with van der Waals surface area (Å²) in [5.41, 5.74) is -0.991. The highest BCUT2D eigenvalue weighted by Gasteiger charge is 2.36. The number of rotatable bonds is 3. The molecule has 1 aromatic rings. The van der Waals surface area contributed by atoms with Crippen LogP contribution < -0.4 is 0 Å². The van der Waals surface area contributed by atoms with Crippen molar-refractivity contribution in [3.63, 3.8) is 0 Å². The molecule has 7 heteroatoms. The lowest BCUT2D eigenvalue weighted by atomic mass is 10.1. The zero-order valence-corrected chi connectivity index (χ0v) is 11.5. The lowest BCUT2D eigenvalue weighted by Gasteiger charge is -2.10. The highest BCUT2D eigenvalue weighted by Crippen LogP contribution is 2.36. The SMILES string of the molecule is C=CCN1C(=O)S/C(=C\c2ccccc2C(F)(F)F)C1=O. The Morgan fingerprint density at radius 1 is 1.24 bits per heavy atom. The lowest BCUT2D eigenvalue weighted by Crippen LogP contribution is -2.27. The minimum absolute atomic E-state index is 0.0291. The number of alkyl halides is 3. The fourth-order valence-corrected chi connectivity index (χ4v) is 2.65. The number of benzene rings is 1. The second kappa shape index (κ2) is 5.77. The van der Waals surface area contributed by atoms with Gasteiger partial charge in [0.2, 0.25) is 0 Å². The van der Waals surface area contributed by atoms with Gasteiger partial charge in [0, 0.05) is 6.54 Å². The van der Waals surface area contributed by atoms with Crippen LogP contribution in [0.1, 0.15) is 11.1 Å². The summed E-state index contributed by atoms with van der Waals surface area (Å²) in [6, 6.07) is 4.89. The highest BCUT2D eigenvalue weighted by molar-refractivity contribution is 8.18. The zero-order chi connectivity index (χ0) is 15.6. The molecule has 2 amide bonds. The predicted molar refractivity (Wildman–Crippen MR) is 74.3 cm³/mol. The maximum absolute atomic E-state index is 12.9. The lowest BCUT2D eigenvalue weighted by molar-refractivity contribution is -0.137. The van der Waals surface area contributed by atoms with Crippen molar-refractivity contribution in [2.24, 2.45) is 0 Å². The number of carbonyl (C=O) groups excluding carboxylic acids is 2. The van der Waals surface area contributed by atoms with E-state index in [2.05, 4.69) is 6.58 Å². The first kappa shape index (κ1) is 15.4. The van der Waals surface area contributed by atoms with E-state index in [1.54, 1.807) is 0 Å². The molecule has 21 heavy (non-hydrogen) atoms. The van der Waals surface area contributed by atoms with E-state index in [0.717, 1.165) is 17.0 Å². The minimum Gasteiger partial charge on any atom is -0.268 e. The molecule has 110 valence electrons. The topological polar surface area (TPSA) is 37.4 Å². The molecule has 0 aliphatic carbocycles. The van der Waals surface area contributed by atoms with Crippen molar-refractivity contribution in [2.45, 2.75) is 6.18 Å². The standard InChI is InChI=1S/C14H10F3NO2S/c1-2-7-18-12(19)11(21-13(18)20)8-9-5-3-4-6-10(9)14(15,16)17/h2-6,8H,1,7H2/b11-8-. The molecule has 0 spiro atoms. The number of nitrogens with zero attached hydrogens (tertiary/aromatic N) is 1. The first-order valence-electron chi connectivity index (χ1n) is 5.87. The van der Waals surface area contributed by atoms with Gasteiger partial charge >= 0.3 is 6.18 Å². The molecule has 0 radical (unpaired) electrons. The van der Waals surface area contributed by atoms with Gasteiger partial charge in [-0.3, -0.25) is 14.5 Å². The molecule has 1 aliphatic rings. The number of imide groups is 1. The number of hydrogen-bond donors (Lipinski definition) is 0. The summed E-state index contributed by atoms with van der Waals surface area (Å²) in [4.78, 5) is 24.5. The van der Waals surface area contributed by atoms with Gasteiger partial charge in [-0.05, 0) is 29.5 Å². The van der Waals surface area contributed by atoms with E-state index in [0.29, 0.717) is 11.8 Å². The second-order valence-corrected chi connectivity index (χ2v) is 5.16. The molecule has 1 fully saturated rings. The fourth-order valence-electron chi connectivity index (χ4n) is 1.81. The third-order valence-corrected chi connectivity index (χ3v) is 3.65. The van der Waals surface area contributed by atoms with Crippen LogP contribution in [0.5, 0.6) is 0 Å². The van der Waals surface area contributed by atoms with Crippen molar-refractivity contribution in [3.05, 3.63) is 53.0 Å². The fraction of sp³-hybridized carbons (Fsp3) is 0.143. The van der Waals surface area contributed by atoms with E-state index >= 15 is 0 Å². The summed E-state index contributed by atoms with van der Waals surface area (Å²) in [6.45, 7) is 3.46. The summed E-state index contributed by atoms with van der Waals surface area (Å²) in [5, 5.41) is -0.518. The Hall–Kier alpha value is -2.02. The van der Waals surface area contributed by atoms with Gasteiger partial charge in [-0.1, -0.05) is 24.3 Å². The van der Waals surface area contributed by atoms with Crippen LogP contribution in [-0.4, -0.2) is 22.6 Å². The first-order valence-corrected chi connectivity index (χ1v) is 6.68. The van der Waals surface area contributed by atoms with Crippen molar-refractivity contribution in [1.29, 1.82) is 0 Å². The number of carbonyl (C=O) groups is 2. The minimum atomic E-state index is -4.52. The highest BCUT2D eigenvalue weighted by atomic mass is 32.2. The summed E-state index contributed by atoms with van der Waals surface area (Å²) in [6.07, 6.45) is -2.05. The third kappa shape index (κ3) is 3.18. The van der Waals surface area contributed by atoms with Crippen molar-refractivity contribution in [3.8, 4) is 0 Å². The largest absolute Gasteiger partial charge is 0.416 e. The molecule has 0 bridgehead atoms. The maximum atomic E-state index is 12.9. The van der Waals surface area contributed by atoms with E-state index in [-0.39, 0.29) is 17.0 Å². The Morgan fingerprint density at radius 2 is 1.90 bits per heavy atom. The quantitative estimate of drug-likeness (QED) is 0.627. The maximum Gasteiger partial charge on any atom is 0.416 e. The average molecular weight is 313 g/mol. The summed E-state index contributed by atoms with van der Waals surface area (Å²) in [7, 11) is 0. The van der Waals surface area contributed by atoms with Gasteiger partial charge in [0.25, 0.3) is 11.1 Å². The average Bonchev–Trinajstić information content (AvgIpc) is 2.66. The second-order valence-electron chi connectivity index (χ2n) is 4.17. The number of amides is 2. The molecule has 2 rings (SSSR count). The van der Waals surface area contributed by atoms with Crippen molar-refractivity contribution >= 4 is 29.0 Å². The first-order chi connectivity index (χ1) is 9.84. The Balaban J connectivity index is 2.40. The molecule has 1 heterocycles. The molecule has 1 aliphatic heterocycles. The van der Waals surface area contributed by atoms with E-state index in [1.165, 1.54) is 24.3 Å². The summed E-state index contributed by atoms with van der Waals surface area (Å²) in [5.74, 6) is -0.609. The van der Waals surface area contributed by atoms with Crippen LogP contribution in [0.4, 0.5) is 18.0 Å². The van der Waals surface area contributed by atoms with Gasteiger partial charge < -0.3 is 0 Å². The zero-order valence-electron chi connectivity index (χ0n) is 10.7. The predicted octanol–water partition coefficient (Wildman–Crippen LogP) is 3.93. The van der Waals surface area contributed by atoms with Gasteiger partial charge in [-0.25, -0.2) is 0 Å². The molecule has 1 aromatic carbocycles. The Morgan fingerprint density at radius 3 is 2.52 bits per heavy atom. The smallest absolute Gasteiger partial charge is 0.268 e. The van der Waals surface area contributed by atoms with Crippen molar-refractivity contribution < 1.29 is 22.8 Å². The molecular weight excluding hydrogens is 303 g/mol. The number of hydrogen-bond acceptors (Lipinski definition) is 3. The van der Waals surface area contributed by atoms with Gasteiger partial charge in [0.1, 0.15) is 0 Å². The van der Waals surface area contributed by atoms with E-state index in [4.69, 9.17) is 0 Å². The monoisotopic (exact) mass is 313 g/mol.